The molecule has 4 rings (SSSR count). The van der Waals surface area contributed by atoms with Crippen LogP contribution in [0.3, 0.4) is 0 Å². The quantitative estimate of drug-likeness (QED) is 0.569. The lowest BCUT2D eigenvalue weighted by molar-refractivity contribution is 0.101. The van der Waals surface area contributed by atoms with Gasteiger partial charge < -0.3 is 16.0 Å². The van der Waals surface area contributed by atoms with E-state index in [0.717, 1.165) is 37.9 Å². The zero-order chi connectivity index (χ0) is 22.4. The lowest BCUT2D eigenvalue weighted by Gasteiger charge is -2.17. The van der Waals surface area contributed by atoms with E-state index in [4.69, 9.17) is 0 Å². The minimum absolute atomic E-state index is 0.0127. The highest BCUT2D eigenvalue weighted by atomic mass is 19.3. The van der Waals surface area contributed by atoms with Crippen molar-refractivity contribution in [3.63, 3.8) is 0 Å². The first-order chi connectivity index (χ1) is 15.0. The number of nitrogens with zero attached hydrogens (tertiary/aromatic N) is 4. The molecule has 10 heteroatoms. The Hall–Kier alpha value is -3.01. The first-order valence-corrected chi connectivity index (χ1v) is 10.6. The summed E-state index contributed by atoms with van der Waals surface area (Å²) in [7, 11) is 1.52. The highest BCUT2D eigenvalue weighted by molar-refractivity contribution is 6.04. The summed E-state index contributed by atoms with van der Waals surface area (Å²) >= 11 is 0. The number of nitrogens with one attached hydrogen (secondary N) is 3. The van der Waals surface area contributed by atoms with Crippen LogP contribution in [0.2, 0.25) is 0 Å². The Labute approximate surface area is 180 Å². The van der Waals surface area contributed by atoms with Crippen molar-refractivity contribution in [2.75, 3.05) is 23.7 Å². The summed E-state index contributed by atoms with van der Waals surface area (Å²) in [6.45, 7) is 5.87. The van der Waals surface area contributed by atoms with Crippen LogP contribution in [-0.2, 0) is 7.05 Å². The molecule has 0 aromatic carbocycles. The Balaban J connectivity index is 0.00000132. The molecule has 1 unspecified atom stereocenters. The molecular weight excluding hydrogens is 404 g/mol. The second-order valence-electron chi connectivity index (χ2n) is 7.17. The van der Waals surface area contributed by atoms with Gasteiger partial charge in [-0.3, -0.25) is 9.48 Å². The van der Waals surface area contributed by atoms with Gasteiger partial charge >= 0.3 is 0 Å². The maximum Gasteiger partial charge on any atom is 0.284 e. The van der Waals surface area contributed by atoms with Gasteiger partial charge in [0.15, 0.2) is 5.69 Å². The molecule has 0 bridgehead atoms. The van der Waals surface area contributed by atoms with E-state index in [9.17, 15) is 13.6 Å². The van der Waals surface area contributed by atoms with Crippen molar-refractivity contribution < 1.29 is 13.6 Å². The molecule has 0 radical (unpaired) electrons. The first kappa shape index (κ1) is 22.7. The summed E-state index contributed by atoms with van der Waals surface area (Å²) in [5, 5.41) is 17.6. The normalized spacial score (nSPS) is 16.5. The second kappa shape index (κ2) is 10.3. The third-order valence-corrected chi connectivity index (χ3v) is 4.95. The maximum absolute atomic E-state index is 13.1. The SMILES string of the molecule is CC.Cn1cc(NC(=O)c2ccc3ccc(NC4CCCCNC4)nn23)c(C(F)F)n1. The number of anilines is 2. The minimum Gasteiger partial charge on any atom is -0.365 e. The van der Waals surface area contributed by atoms with Gasteiger partial charge in [0.2, 0.25) is 0 Å². The average Bonchev–Trinajstić information content (AvgIpc) is 3.24. The minimum atomic E-state index is -2.78. The Morgan fingerprint density at radius 3 is 2.74 bits per heavy atom. The number of hydrogen-bond acceptors (Lipinski definition) is 5. The van der Waals surface area contributed by atoms with Crippen molar-refractivity contribution in [1.82, 2.24) is 24.7 Å². The monoisotopic (exact) mass is 433 g/mol. The van der Waals surface area contributed by atoms with Crippen LogP contribution in [0.15, 0.2) is 30.5 Å². The van der Waals surface area contributed by atoms with Gasteiger partial charge in [0, 0.05) is 25.8 Å². The predicted octanol–water partition coefficient (Wildman–Crippen LogP) is 3.84. The zero-order valence-corrected chi connectivity index (χ0v) is 18.0. The number of alkyl halides is 2. The van der Waals surface area contributed by atoms with E-state index >= 15 is 0 Å². The number of halogens is 2. The van der Waals surface area contributed by atoms with Crippen LogP contribution >= 0.6 is 0 Å². The topological polar surface area (TPSA) is 88.3 Å². The number of amides is 1. The van der Waals surface area contributed by atoms with Crippen LogP contribution in [0.5, 0.6) is 0 Å². The summed E-state index contributed by atoms with van der Waals surface area (Å²) in [6.07, 6.45) is 1.92. The van der Waals surface area contributed by atoms with E-state index in [1.807, 2.05) is 26.0 Å². The molecule has 1 fully saturated rings. The van der Waals surface area contributed by atoms with E-state index in [2.05, 4.69) is 26.1 Å². The summed E-state index contributed by atoms with van der Waals surface area (Å²) in [5.74, 6) is 0.131. The van der Waals surface area contributed by atoms with Gasteiger partial charge in [-0.2, -0.15) is 5.10 Å². The molecule has 3 aromatic rings. The Bertz CT molecular complexity index is 1010. The number of hydrogen-bond donors (Lipinski definition) is 3. The molecule has 4 heterocycles. The van der Waals surface area contributed by atoms with Crippen LogP contribution in [-0.4, -0.2) is 44.4 Å². The molecule has 1 aliphatic heterocycles. The fraction of sp³-hybridized carbons (Fsp3) is 0.476. The third-order valence-electron chi connectivity index (χ3n) is 4.95. The van der Waals surface area contributed by atoms with Gasteiger partial charge in [0.05, 0.1) is 11.2 Å². The van der Waals surface area contributed by atoms with Crippen LogP contribution in [0.1, 0.15) is 55.7 Å². The van der Waals surface area contributed by atoms with E-state index in [0.29, 0.717) is 5.82 Å². The standard InChI is InChI=1S/C19H23F2N7O.C2H6/c1-27-11-14(17(26-27)18(20)21)24-19(29)15-7-5-13-6-8-16(25-28(13)15)23-12-4-2-3-9-22-10-12;1-2/h5-8,11-12,18,22H,2-4,9-10H2,1H3,(H,23,25)(H,24,29);1-2H3. The molecule has 1 aliphatic rings. The van der Waals surface area contributed by atoms with E-state index < -0.39 is 18.0 Å². The summed E-state index contributed by atoms with van der Waals surface area (Å²) in [4.78, 5) is 12.7. The largest absolute Gasteiger partial charge is 0.365 e. The van der Waals surface area contributed by atoms with Gasteiger partial charge in [-0.05, 0) is 43.7 Å². The number of carbonyl (C=O) groups excluding carboxylic acids is 1. The van der Waals surface area contributed by atoms with Crippen molar-refractivity contribution in [3.05, 3.63) is 41.9 Å². The van der Waals surface area contributed by atoms with Crippen molar-refractivity contribution in [2.45, 2.75) is 45.6 Å². The van der Waals surface area contributed by atoms with Gasteiger partial charge in [-0.1, -0.05) is 20.3 Å². The third kappa shape index (κ3) is 5.38. The van der Waals surface area contributed by atoms with E-state index in [-0.39, 0.29) is 17.4 Å². The highest BCUT2D eigenvalue weighted by Gasteiger charge is 2.21. The lowest BCUT2D eigenvalue weighted by Crippen LogP contribution is -2.31. The van der Waals surface area contributed by atoms with Crippen molar-refractivity contribution in [3.8, 4) is 0 Å². The van der Waals surface area contributed by atoms with Crippen molar-refractivity contribution in [2.24, 2.45) is 7.05 Å². The van der Waals surface area contributed by atoms with Crippen molar-refractivity contribution >= 4 is 22.9 Å². The fourth-order valence-electron chi connectivity index (χ4n) is 3.54. The van der Waals surface area contributed by atoms with Gasteiger partial charge in [-0.25, -0.2) is 13.3 Å². The van der Waals surface area contributed by atoms with Crippen LogP contribution in [0.4, 0.5) is 20.3 Å². The predicted molar refractivity (Wildman–Crippen MR) is 117 cm³/mol. The number of rotatable bonds is 5. The molecule has 1 amide bonds. The smallest absolute Gasteiger partial charge is 0.284 e. The van der Waals surface area contributed by atoms with Gasteiger partial charge in [0.25, 0.3) is 12.3 Å². The second-order valence-corrected chi connectivity index (χ2v) is 7.17. The van der Waals surface area contributed by atoms with Gasteiger partial charge in [-0.15, -0.1) is 5.10 Å². The molecule has 0 aliphatic carbocycles. The average molecular weight is 434 g/mol. The van der Waals surface area contributed by atoms with Gasteiger partial charge in [0.1, 0.15) is 11.5 Å². The Kier molecular flexibility index (Phi) is 7.56. The molecule has 8 nitrogen and oxygen atoms in total. The van der Waals surface area contributed by atoms with Crippen LogP contribution < -0.4 is 16.0 Å². The summed E-state index contributed by atoms with van der Waals surface area (Å²) in [5.41, 5.74) is 0.519. The molecular formula is C21H29F2N7O. The molecule has 0 spiro atoms. The molecule has 3 aromatic heterocycles. The zero-order valence-electron chi connectivity index (χ0n) is 18.0. The molecule has 31 heavy (non-hydrogen) atoms. The van der Waals surface area contributed by atoms with Crippen LogP contribution in [0, 0.1) is 0 Å². The highest BCUT2D eigenvalue weighted by Crippen LogP contribution is 2.25. The lowest BCUT2D eigenvalue weighted by atomic mass is 10.1. The van der Waals surface area contributed by atoms with Crippen LogP contribution in [0.25, 0.3) is 5.52 Å². The Morgan fingerprint density at radius 1 is 1.19 bits per heavy atom. The number of fused-ring (bicyclic) bond motifs is 1. The number of carbonyl (C=O) groups is 1. The molecule has 3 N–H and O–H groups in total. The van der Waals surface area contributed by atoms with E-state index in [1.165, 1.54) is 22.4 Å². The fourth-order valence-corrected chi connectivity index (χ4v) is 3.54. The molecule has 0 saturated carbocycles. The number of aryl methyl sites for hydroxylation is 1. The number of aromatic nitrogens is 4. The summed E-state index contributed by atoms with van der Waals surface area (Å²) in [6, 6.07) is 7.38. The van der Waals surface area contributed by atoms with E-state index in [1.54, 1.807) is 12.1 Å². The Morgan fingerprint density at radius 2 is 1.97 bits per heavy atom. The first-order valence-electron chi connectivity index (χ1n) is 10.6. The van der Waals surface area contributed by atoms with Crippen molar-refractivity contribution in [1.29, 1.82) is 0 Å². The molecule has 1 saturated heterocycles. The molecule has 1 atom stereocenters. The summed E-state index contributed by atoms with van der Waals surface area (Å²) < 4.78 is 29.0. The maximum atomic E-state index is 13.1. The molecule has 168 valence electrons.